The molecule has 0 aliphatic carbocycles. The van der Waals surface area contributed by atoms with Gasteiger partial charge in [-0.1, -0.05) is 110 Å². The van der Waals surface area contributed by atoms with Crippen LogP contribution in [0.1, 0.15) is 105 Å². The fraction of sp³-hybridized carbons (Fsp3) is 0.658. The number of unbranched alkanes of at least 4 members (excludes halogenated alkanes) is 3. The van der Waals surface area contributed by atoms with Crippen LogP contribution in [0.2, 0.25) is 0 Å². The summed E-state index contributed by atoms with van der Waals surface area (Å²) in [4.78, 5) is 9.60. The summed E-state index contributed by atoms with van der Waals surface area (Å²) in [7, 11) is 1.50. The molecule has 3 saturated heterocycles. The Balaban J connectivity index is 0.000000288. The van der Waals surface area contributed by atoms with Gasteiger partial charge in [0, 0.05) is 49.3 Å². The highest BCUT2D eigenvalue weighted by Crippen LogP contribution is 2.36. The van der Waals surface area contributed by atoms with Crippen LogP contribution in [0.25, 0.3) is 10.8 Å². The maximum atomic E-state index is 4.54. The molecular formula is C38H63N5. The molecule has 0 radical (unpaired) electrons. The topological polar surface area (TPSA) is 56.9 Å². The normalized spacial score (nSPS) is 23.9. The van der Waals surface area contributed by atoms with E-state index in [2.05, 4.69) is 110 Å². The maximum Gasteiger partial charge on any atom is 0.127 e. The molecule has 5 rings (SSSR count). The predicted molar refractivity (Wildman–Crippen MR) is 190 cm³/mol. The van der Waals surface area contributed by atoms with Gasteiger partial charge >= 0.3 is 0 Å². The summed E-state index contributed by atoms with van der Waals surface area (Å²) in [5, 5.41) is 6.39. The second kappa shape index (κ2) is 17.8. The van der Waals surface area contributed by atoms with E-state index in [1.54, 1.807) is 0 Å². The minimum atomic E-state index is 0.487. The van der Waals surface area contributed by atoms with Crippen molar-refractivity contribution >= 4 is 23.2 Å². The van der Waals surface area contributed by atoms with Gasteiger partial charge in [0.15, 0.2) is 0 Å². The van der Waals surface area contributed by atoms with E-state index in [1.165, 1.54) is 99.1 Å². The van der Waals surface area contributed by atoms with Crippen LogP contribution in [0, 0.1) is 11.3 Å². The van der Waals surface area contributed by atoms with Crippen LogP contribution >= 0.6 is 0 Å². The number of nitrogens with one attached hydrogen (secondary N) is 1. The summed E-state index contributed by atoms with van der Waals surface area (Å²) in [6.07, 6.45) is 14.9. The number of likely N-dealkylation sites (tertiary alicyclic amines) is 1. The van der Waals surface area contributed by atoms with Gasteiger partial charge in [-0.25, -0.2) is 4.99 Å². The van der Waals surface area contributed by atoms with Gasteiger partial charge < -0.3 is 20.9 Å². The van der Waals surface area contributed by atoms with E-state index in [0.29, 0.717) is 23.4 Å². The minimum absolute atomic E-state index is 0.487. The Labute approximate surface area is 264 Å². The average molecular weight is 590 g/mol. The molecule has 4 atom stereocenters. The molecule has 4 unspecified atom stereocenters. The van der Waals surface area contributed by atoms with Gasteiger partial charge in [0.2, 0.25) is 0 Å². The number of rotatable bonds is 11. The van der Waals surface area contributed by atoms with Gasteiger partial charge in [-0.05, 0) is 74.2 Å². The second-order valence-corrected chi connectivity index (χ2v) is 13.4. The second-order valence-electron chi connectivity index (χ2n) is 13.4. The SMILES string of the molecule is C=N/C(=C1/CCN(c2cccc3ccccc23)CC1C)N1CC2CCC(C1)N2.CCCCCC(C)(CC)CCCC.CN. The van der Waals surface area contributed by atoms with Gasteiger partial charge in [0.1, 0.15) is 5.82 Å². The fourth-order valence-corrected chi connectivity index (χ4v) is 7.33. The Bertz CT molecular complexity index is 1120. The standard InChI is InChI=1S/C24H30N4.C13H28.CH5N/c1-17-14-27(23-9-5-7-18-6-3-4-8-22(18)23)13-12-21(17)24(25-2)28-15-19-10-11-20(16-28)26-19;1-5-8-10-12-13(4,7-3)11-9-6-2;1-2/h3-9,17,19-20,26H,2,10-16H2,1H3;5-12H2,1-4H3;2H2,1H3/b24-21+;;. The van der Waals surface area contributed by atoms with E-state index in [4.69, 9.17) is 0 Å². The van der Waals surface area contributed by atoms with Crippen molar-refractivity contribution in [3.05, 3.63) is 53.9 Å². The highest BCUT2D eigenvalue weighted by Gasteiger charge is 2.35. The summed E-state index contributed by atoms with van der Waals surface area (Å²) < 4.78 is 0. The van der Waals surface area contributed by atoms with Crippen molar-refractivity contribution in [2.45, 2.75) is 117 Å². The van der Waals surface area contributed by atoms with Gasteiger partial charge in [-0.3, -0.25) is 0 Å². The molecule has 0 spiro atoms. The van der Waals surface area contributed by atoms with E-state index in [9.17, 15) is 0 Å². The molecule has 0 saturated carbocycles. The van der Waals surface area contributed by atoms with E-state index in [0.717, 1.165) is 32.6 Å². The number of fused-ring (bicyclic) bond motifs is 3. The highest BCUT2D eigenvalue weighted by molar-refractivity contribution is 5.94. The smallest absolute Gasteiger partial charge is 0.127 e. The van der Waals surface area contributed by atoms with Crippen LogP contribution < -0.4 is 16.0 Å². The quantitative estimate of drug-likeness (QED) is 0.203. The Morgan fingerprint density at radius 2 is 1.58 bits per heavy atom. The number of hydrogen-bond acceptors (Lipinski definition) is 5. The van der Waals surface area contributed by atoms with Crippen LogP contribution in [0.15, 0.2) is 58.9 Å². The molecule has 240 valence electrons. The zero-order chi connectivity index (χ0) is 31.2. The summed E-state index contributed by atoms with van der Waals surface area (Å²) in [6.45, 7) is 20.0. The lowest BCUT2D eigenvalue weighted by atomic mass is 9.78. The lowest BCUT2D eigenvalue weighted by Gasteiger charge is -2.40. The Kier molecular flexibility index (Phi) is 14.5. The summed E-state index contributed by atoms with van der Waals surface area (Å²) >= 11 is 0. The first kappa shape index (κ1) is 35.1. The number of hydrogen-bond donors (Lipinski definition) is 2. The van der Waals surface area contributed by atoms with Crippen molar-refractivity contribution in [3.63, 3.8) is 0 Å². The van der Waals surface area contributed by atoms with Gasteiger partial charge in [-0.2, -0.15) is 0 Å². The highest BCUT2D eigenvalue weighted by atomic mass is 15.3. The molecule has 5 heteroatoms. The lowest BCUT2D eigenvalue weighted by molar-refractivity contribution is 0.236. The molecular weight excluding hydrogens is 526 g/mol. The monoisotopic (exact) mass is 590 g/mol. The molecule has 3 heterocycles. The predicted octanol–water partition coefficient (Wildman–Crippen LogP) is 8.78. The maximum absolute atomic E-state index is 4.54. The molecule has 0 amide bonds. The number of anilines is 1. The third-order valence-corrected chi connectivity index (χ3v) is 10.2. The average Bonchev–Trinajstić information content (AvgIpc) is 3.39. The number of benzene rings is 2. The first-order valence-electron chi connectivity index (χ1n) is 17.4. The van der Waals surface area contributed by atoms with E-state index < -0.39 is 0 Å². The molecule has 43 heavy (non-hydrogen) atoms. The lowest BCUT2D eigenvalue weighted by Crippen LogP contribution is -2.51. The van der Waals surface area contributed by atoms with Crippen molar-refractivity contribution in [1.29, 1.82) is 0 Å². The Hall–Kier alpha value is -2.37. The van der Waals surface area contributed by atoms with Crippen molar-refractivity contribution in [2.24, 2.45) is 22.1 Å². The molecule has 2 bridgehead atoms. The molecule has 0 aromatic heterocycles. The first-order valence-corrected chi connectivity index (χ1v) is 17.4. The molecule has 5 nitrogen and oxygen atoms in total. The minimum Gasteiger partial charge on any atom is -0.370 e. The van der Waals surface area contributed by atoms with Crippen molar-refractivity contribution in [1.82, 2.24) is 10.2 Å². The van der Waals surface area contributed by atoms with Gasteiger partial charge in [0.25, 0.3) is 0 Å². The fourth-order valence-electron chi connectivity index (χ4n) is 7.33. The molecule has 3 aliphatic rings. The van der Waals surface area contributed by atoms with Crippen molar-refractivity contribution < 1.29 is 0 Å². The van der Waals surface area contributed by atoms with Crippen molar-refractivity contribution in [3.8, 4) is 0 Å². The molecule has 3 aliphatic heterocycles. The number of nitrogens with zero attached hydrogens (tertiary/aromatic N) is 3. The van der Waals surface area contributed by atoms with E-state index >= 15 is 0 Å². The number of piperazine rings is 1. The molecule has 3 N–H and O–H groups in total. The van der Waals surface area contributed by atoms with Crippen LogP contribution in [0.3, 0.4) is 0 Å². The Morgan fingerprint density at radius 1 is 0.930 bits per heavy atom. The van der Waals surface area contributed by atoms with Gasteiger partial charge in [0.05, 0.1) is 0 Å². The van der Waals surface area contributed by atoms with Crippen LogP contribution in [0.5, 0.6) is 0 Å². The zero-order valence-electron chi connectivity index (χ0n) is 28.5. The Morgan fingerprint density at radius 3 is 2.21 bits per heavy atom. The number of aliphatic imine (C=N–C) groups is 1. The third-order valence-electron chi connectivity index (χ3n) is 10.2. The van der Waals surface area contributed by atoms with Crippen LogP contribution in [-0.2, 0) is 0 Å². The van der Waals surface area contributed by atoms with E-state index in [1.807, 2.05) is 0 Å². The first-order chi connectivity index (χ1) is 20.9. The van der Waals surface area contributed by atoms with E-state index in [-0.39, 0.29) is 0 Å². The molecule has 3 fully saturated rings. The number of piperidine rings is 1. The van der Waals surface area contributed by atoms with Crippen LogP contribution in [0.4, 0.5) is 5.69 Å². The van der Waals surface area contributed by atoms with Crippen molar-refractivity contribution in [2.75, 3.05) is 38.1 Å². The third kappa shape index (κ3) is 9.56. The summed E-state index contributed by atoms with van der Waals surface area (Å²) in [5.41, 5.74) is 8.00. The van der Waals surface area contributed by atoms with Gasteiger partial charge in [-0.15, -0.1) is 0 Å². The largest absolute Gasteiger partial charge is 0.370 e. The molecule has 2 aromatic carbocycles. The zero-order valence-corrected chi connectivity index (χ0v) is 28.5. The molecule has 2 aromatic rings. The number of nitrogens with two attached hydrogens (primary N) is 1. The van der Waals surface area contributed by atoms with Crippen LogP contribution in [-0.4, -0.2) is 56.9 Å². The summed E-state index contributed by atoms with van der Waals surface area (Å²) in [6, 6.07) is 16.6. The summed E-state index contributed by atoms with van der Waals surface area (Å²) in [5.74, 6) is 1.66.